The molecule has 0 unspecified atom stereocenters. The van der Waals surface area contributed by atoms with E-state index in [9.17, 15) is 0 Å². The minimum Gasteiger partial charge on any atom is -0.491 e. The van der Waals surface area contributed by atoms with Gasteiger partial charge in [0.2, 0.25) is 0 Å². The van der Waals surface area contributed by atoms with E-state index >= 15 is 0 Å². The predicted octanol–water partition coefficient (Wildman–Crippen LogP) is 3.45. The first-order chi connectivity index (χ1) is 7.51. The van der Waals surface area contributed by atoms with E-state index in [1.54, 1.807) is 0 Å². The molecule has 0 aromatic heterocycles. The van der Waals surface area contributed by atoms with Crippen LogP contribution < -0.4 is 10.5 Å². The second-order valence-corrected chi connectivity index (χ2v) is 4.55. The Bertz CT molecular complexity index is 312. The Labute approximate surface area is 98.8 Å². The van der Waals surface area contributed by atoms with E-state index in [1.165, 1.54) is 5.56 Å². The van der Waals surface area contributed by atoms with E-state index in [-0.39, 0.29) is 11.6 Å². The van der Waals surface area contributed by atoms with Gasteiger partial charge < -0.3 is 10.5 Å². The van der Waals surface area contributed by atoms with Crippen molar-refractivity contribution >= 4 is 0 Å². The van der Waals surface area contributed by atoms with Crippen LogP contribution in [0.1, 0.15) is 46.1 Å². The van der Waals surface area contributed by atoms with E-state index in [2.05, 4.69) is 26.0 Å². The third kappa shape index (κ3) is 2.99. The van der Waals surface area contributed by atoms with Crippen LogP contribution in [0.3, 0.4) is 0 Å². The first-order valence-electron chi connectivity index (χ1n) is 6.08. The van der Waals surface area contributed by atoms with Crippen molar-refractivity contribution in [1.29, 1.82) is 0 Å². The highest BCUT2D eigenvalue weighted by atomic mass is 16.5. The van der Waals surface area contributed by atoms with Crippen molar-refractivity contribution in [1.82, 2.24) is 0 Å². The molecular weight excluding hydrogens is 198 g/mol. The summed E-state index contributed by atoms with van der Waals surface area (Å²) in [6.07, 6.45) is 2.12. The molecule has 0 fully saturated rings. The first kappa shape index (κ1) is 13.0. The van der Waals surface area contributed by atoms with Crippen molar-refractivity contribution in [2.24, 2.45) is 5.73 Å². The van der Waals surface area contributed by atoms with Gasteiger partial charge in [0.05, 0.1) is 6.10 Å². The summed E-state index contributed by atoms with van der Waals surface area (Å²) < 4.78 is 5.61. The highest BCUT2D eigenvalue weighted by Gasteiger charge is 2.22. The lowest BCUT2D eigenvalue weighted by Gasteiger charge is -2.27. The van der Waals surface area contributed by atoms with E-state index in [0.29, 0.717) is 0 Å². The van der Waals surface area contributed by atoms with E-state index in [4.69, 9.17) is 10.5 Å². The molecule has 0 radical (unpaired) electrons. The Balaban J connectivity index is 2.85. The minimum absolute atomic E-state index is 0.198. The zero-order chi connectivity index (χ0) is 12.2. The molecule has 2 nitrogen and oxygen atoms in total. The maximum atomic E-state index is 6.33. The molecule has 1 aromatic rings. The summed E-state index contributed by atoms with van der Waals surface area (Å²) in [6, 6.07) is 8.15. The largest absolute Gasteiger partial charge is 0.491 e. The zero-order valence-electron chi connectivity index (χ0n) is 10.8. The molecular formula is C14H23NO. The van der Waals surface area contributed by atoms with Crippen molar-refractivity contribution in [2.45, 2.75) is 52.2 Å². The Morgan fingerprint density at radius 3 is 2.00 bits per heavy atom. The van der Waals surface area contributed by atoms with Crippen LogP contribution in [-0.2, 0) is 5.54 Å². The van der Waals surface area contributed by atoms with Gasteiger partial charge in [0.25, 0.3) is 0 Å². The number of hydrogen-bond donors (Lipinski definition) is 1. The molecule has 0 saturated heterocycles. The van der Waals surface area contributed by atoms with Crippen molar-refractivity contribution in [2.75, 3.05) is 0 Å². The number of nitrogens with two attached hydrogens (primary N) is 1. The molecule has 1 rings (SSSR count). The molecule has 1 aromatic carbocycles. The van der Waals surface area contributed by atoms with Crippen molar-refractivity contribution in [3.63, 3.8) is 0 Å². The van der Waals surface area contributed by atoms with Gasteiger partial charge >= 0.3 is 0 Å². The third-order valence-corrected chi connectivity index (χ3v) is 3.06. The summed E-state index contributed by atoms with van der Waals surface area (Å²) in [5.41, 5.74) is 7.32. The second kappa shape index (κ2) is 5.35. The van der Waals surface area contributed by atoms with E-state index in [0.717, 1.165) is 18.6 Å². The van der Waals surface area contributed by atoms with Gasteiger partial charge in [-0.3, -0.25) is 0 Å². The molecule has 0 spiro atoms. The molecule has 2 N–H and O–H groups in total. The monoisotopic (exact) mass is 221 g/mol. The Morgan fingerprint density at radius 2 is 1.62 bits per heavy atom. The summed E-state index contributed by atoms with van der Waals surface area (Å²) in [5, 5.41) is 0. The number of ether oxygens (including phenoxy) is 1. The van der Waals surface area contributed by atoms with Gasteiger partial charge in [0.15, 0.2) is 0 Å². The molecule has 0 aliphatic heterocycles. The summed E-state index contributed by atoms with van der Waals surface area (Å²) in [7, 11) is 0. The molecule has 0 heterocycles. The Morgan fingerprint density at radius 1 is 1.12 bits per heavy atom. The molecule has 0 amide bonds. The lowest BCUT2D eigenvalue weighted by molar-refractivity contribution is 0.242. The fourth-order valence-electron chi connectivity index (χ4n) is 1.80. The van der Waals surface area contributed by atoms with Gasteiger partial charge in [-0.2, -0.15) is 0 Å². The molecule has 0 aliphatic carbocycles. The fourth-order valence-corrected chi connectivity index (χ4v) is 1.80. The van der Waals surface area contributed by atoms with Crippen LogP contribution in [0, 0.1) is 0 Å². The standard InChI is InChI=1S/C14H23NO/c1-5-14(15,6-2)12-7-9-13(10-8-12)16-11(3)4/h7-11H,5-6,15H2,1-4H3. The van der Waals surface area contributed by atoms with E-state index < -0.39 is 0 Å². The molecule has 16 heavy (non-hydrogen) atoms. The summed E-state index contributed by atoms with van der Waals surface area (Å²) >= 11 is 0. The molecule has 0 atom stereocenters. The quantitative estimate of drug-likeness (QED) is 0.826. The lowest BCUT2D eigenvalue weighted by atomic mass is 9.86. The normalized spacial score (nSPS) is 11.9. The van der Waals surface area contributed by atoms with Crippen LogP contribution in [0.5, 0.6) is 5.75 Å². The Hall–Kier alpha value is -1.02. The number of hydrogen-bond acceptors (Lipinski definition) is 2. The average Bonchev–Trinajstić information content (AvgIpc) is 2.28. The second-order valence-electron chi connectivity index (χ2n) is 4.55. The SMILES string of the molecule is CCC(N)(CC)c1ccc(OC(C)C)cc1. The molecule has 0 aliphatic rings. The van der Waals surface area contributed by atoms with Crippen molar-refractivity contribution < 1.29 is 4.74 Å². The zero-order valence-corrected chi connectivity index (χ0v) is 10.8. The van der Waals surface area contributed by atoms with Gasteiger partial charge in [-0.15, -0.1) is 0 Å². The highest BCUT2D eigenvalue weighted by molar-refractivity contribution is 5.31. The van der Waals surface area contributed by atoms with Crippen LogP contribution in [-0.4, -0.2) is 6.10 Å². The third-order valence-electron chi connectivity index (χ3n) is 3.06. The van der Waals surface area contributed by atoms with Crippen LogP contribution >= 0.6 is 0 Å². The van der Waals surface area contributed by atoms with Crippen LogP contribution in [0.15, 0.2) is 24.3 Å². The van der Waals surface area contributed by atoms with Crippen LogP contribution in [0.2, 0.25) is 0 Å². The van der Waals surface area contributed by atoms with Crippen LogP contribution in [0.4, 0.5) is 0 Å². The van der Waals surface area contributed by atoms with Crippen molar-refractivity contribution in [3.8, 4) is 5.75 Å². The molecule has 90 valence electrons. The topological polar surface area (TPSA) is 35.2 Å². The number of rotatable bonds is 5. The fraction of sp³-hybridized carbons (Fsp3) is 0.571. The molecule has 0 saturated carbocycles. The summed E-state index contributed by atoms with van der Waals surface area (Å²) in [5.74, 6) is 0.910. The van der Waals surface area contributed by atoms with Crippen molar-refractivity contribution in [3.05, 3.63) is 29.8 Å². The maximum absolute atomic E-state index is 6.33. The minimum atomic E-state index is -0.198. The maximum Gasteiger partial charge on any atom is 0.119 e. The summed E-state index contributed by atoms with van der Waals surface area (Å²) in [6.45, 7) is 8.31. The van der Waals surface area contributed by atoms with Crippen LogP contribution in [0.25, 0.3) is 0 Å². The number of benzene rings is 1. The van der Waals surface area contributed by atoms with Gasteiger partial charge in [0.1, 0.15) is 5.75 Å². The van der Waals surface area contributed by atoms with Gasteiger partial charge in [-0.05, 0) is 44.4 Å². The van der Waals surface area contributed by atoms with Gasteiger partial charge in [-0.1, -0.05) is 26.0 Å². The molecule has 0 bridgehead atoms. The van der Waals surface area contributed by atoms with E-state index in [1.807, 2.05) is 26.0 Å². The molecule has 2 heteroatoms. The average molecular weight is 221 g/mol. The smallest absolute Gasteiger partial charge is 0.119 e. The first-order valence-corrected chi connectivity index (χ1v) is 6.08. The van der Waals surface area contributed by atoms with Gasteiger partial charge in [-0.25, -0.2) is 0 Å². The highest BCUT2D eigenvalue weighted by Crippen LogP contribution is 2.27. The van der Waals surface area contributed by atoms with Gasteiger partial charge in [0, 0.05) is 5.54 Å². The Kier molecular flexibility index (Phi) is 4.36. The summed E-state index contributed by atoms with van der Waals surface area (Å²) in [4.78, 5) is 0. The lowest BCUT2D eigenvalue weighted by Crippen LogP contribution is -2.34. The predicted molar refractivity (Wildman–Crippen MR) is 68.7 cm³/mol.